The molecule has 1 aliphatic rings. The van der Waals surface area contributed by atoms with E-state index in [-0.39, 0.29) is 26.5 Å². The van der Waals surface area contributed by atoms with Crippen molar-refractivity contribution in [3.05, 3.63) is 133 Å². The first-order chi connectivity index (χ1) is 21.2. The van der Waals surface area contributed by atoms with Gasteiger partial charge in [0, 0.05) is 44.5 Å². The summed E-state index contributed by atoms with van der Waals surface area (Å²) >= 11 is 0. The maximum Gasteiger partial charge on any atom is 0.0598 e. The van der Waals surface area contributed by atoms with Crippen molar-refractivity contribution in [2.45, 2.75) is 40.0 Å². The van der Waals surface area contributed by atoms with Crippen LogP contribution in [0.25, 0.3) is 33.8 Å². The van der Waals surface area contributed by atoms with Crippen LogP contribution in [0.5, 0.6) is 11.5 Å². The monoisotopic (exact) mass is 769 g/mol. The van der Waals surface area contributed by atoms with Gasteiger partial charge in [-0.15, -0.1) is 29.3 Å². The van der Waals surface area contributed by atoms with Crippen molar-refractivity contribution >= 4 is 11.4 Å². The van der Waals surface area contributed by atoms with Gasteiger partial charge in [0.2, 0.25) is 0 Å². The first-order valence-corrected chi connectivity index (χ1v) is 14.7. The van der Waals surface area contributed by atoms with Crippen LogP contribution >= 0.6 is 0 Å². The van der Waals surface area contributed by atoms with Gasteiger partial charge in [0.25, 0.3) is 0 Å². The molecule has 0 N–H and O–H groups in total. The van der Waals surface area contributed by atoms with Crippen LogP contribution in [0.15, 0.2) is 97.5 Å². The second-order valence-corrected chi connectivity index (χ2v) is 12.1. The fourth-order valence-corrected chi connectivity index (χ4v) is 5.43. The van der Waals surface area contributed by atoms with Crippen molar-refractivity contribution in [2.75, 3.05) is 4.90 Å². The topological polar surface area (TPSA) is 56.1 Å². The second-order valence-electron chi connectivity index (χ2n) is 12.1. The fraction of sp³-hybridized carbons (Fsp3) is 0.158. The molecule has 7 rings (SSSR count). The summed E-state index contributed by atoms with van der Waals surface area (Å²) in [6.45, 7) is 12.8. The Hall–Kier alpha value is -4.67. The fourth-order valence-electron chi connectivity index (χ4n) is 5.43. The van der Waals surface area contributed by atoms with Crippen LogP contribution in [-0.2, 0) is 26.5 Å². The van der Waals surface area contributed by atoms with E-state index in [0.29, 0.717) is 11.5 Å². The van der Waals surface area contributed by atoms with Crippen molar-refractivity contribution in [1.29, 1.82) is 0 Å². The number of nitrogens with zero attached hydrogens (tertiary/aromatic N) is 5. The molecule has 6 aromatic rings. The molecule has 228 valence electrons. The summed E-state index contributed by atoms with van der Waals surface area (Å²) < 4.78 is 8.60. The van der Waals surface area contributed by atoms with Crippen LogP contribution in [-0.4, -0.2) is 19.5 Å². The Kier molecular flexibility index (Phi) is 8.11. The molecule has 0 fully saturated rings. The summed E-state index contributed by atoms with van der Waals surface area (Å²) in [6.07, 6.45) is 5.28. The van der Waals surface area contributed by atoms with E-state index in [9.17, 15) is 0 Å². The molecule has 1 aliphatic heterocycles. The molecule has 4 heterocycles. The van der Waals surface area contributed by atoms with Crippen LogP contribution in [0.1, 0.15) is 37.7 Å². The van der Waals surface area contributed by atoms with Crippen molar-refractivity contribution in [2.24, 2.45) is 0 Å². The molecular formula is C38H32N5OPt-3. The van der Waals surface area contributed by atoms with Gasteiger partial charge in [0.1, 0.15) is 0 Å². The summed E-state index contributed by atoms with van der Waals surface area (Å²) in [5.41, 5.74) is 9.88. The maximum absolute atomic E-state index is 6.46. The quantitative estimate of drug-likeness (QED) is 0.164. The molecule has 0 bridgehead atoms. The van der Waals surface area contributed by atoms with Crippen molar-refractivity contribution in [3.63, 3.8) is 0 Å². The SMILES string of the molecule is Cc1nc2n(c1C)[CH-]N(c1[c-]c(Oc3[c-]c(-c4cc(C(C)(C)C)ccn4)cnc3)cc(-c3ccccc3)c1)c1ccccc1-2.[Pt]. The van der Waals surface area contributed by atoms with E-state index in [1.54, 1.807) is 12.4 Å². The smallest absolute Gasteiger partial charge is 0.0598 e. The minimum Gasteiger partial charge on any atom is -0.501 e. The van der Waals surface area contributed by atoms with Gasteiger partial charge in [-0.25, -0.2) is 0 Å². The number of aromatic nitrogens is 4. The molecule has 0 unspecified atom stereocenters. The summed E-state index contributed by atoms with van der Waals surface area (Å²) in [5, 5.41) is 0. The van der Waals surface area contributed by atoms with Gasteiger partial charge in [-0.2, -0.15) is 0 Å². The minimum absolute atomic E-state index is 0. The Bertz CT molecular complexity index is 1990. The van der Waals surface area contributed by atoms with Gasteiger partial charge in [-0.1, -0.05) is 106 Å². The molecule has 0 atom stereocenters. The Balaban J connectivity index is 0.00000357. The predicted octanol–water partition coefficient (Wildman–Crippen LogP) is 9.10. The van der Waals surface area contributed by atoms with E-state index in [0.717, 1.165) is 56.5 Å². The zero-order chi connectivity index (χ0) is 30.4. The Labute approximate surface area is 279 Å². The van der Waals surface area contributed by atoms with Crippen molar-refractivity contribution in [1.82, 2.24) is 19.5 Å². The molecule has 0 spiro atoms. The zero-order valence-corrected chi connectivity index (χ0v) is 28.0. The third-order valence-electron chi connectivity index (χ3n) is 7.99. The van der Waals surface area contributed by atoms with E-state index in [1.165, 1.54) is 5.56 Å². The van der Waals surface area contributed by atoms with Crippen LogP contribution < -0.4 is 9.64 Å². The van der Waals surface area contributed by atoms with Crippen molar-refractivity contribution in [3.8, 4) is 45.3 Å². The molecule has 6 nitrogen and oxygen atoms in total. The van der Waals surface area contributed by atoms with Gasteiger partial charge in [-0.05, 0) is 65.4 Å². The average molecular weight is 770 g/mol. The van der Waals surface area contributed by atoms with Gasteiger partial charge in [-0.3, -0.25) is 0 Å². The average Bonchev–Trinajstić information content (AvgIpc) is 3.33. The Morgan fingerprint density at radius 3 is 2.40 bits per heavy atom. The van der Waals surface area contributed by atoms with Crippen LogP contribution in [0.4, 0.5) is 11.4 Å². The summed E-state index contributed by atoms with van der Waals surface area (Å²) in [5.74, 6) is 1.98. The van der Waals surface area contributed by atoms with E-state index in [2.05, 4.69) is 102 Å². The standard InChI is InChI=1S/C38H32N5O.Pt/c1-25-26(2)42-24-43(36-14-10-9-13-34(36)37(42)41-25)31-17-28(27-11-7-6-8-12-27)18-32(21-31)44-33-19-29(22-39-23-33)35-20-30(15-16-40-35)38(3,4)5;/h6-18,20,22-24H,1-5H3;/q-3;. The molecule has 0 aliphatic carbocycles. The van der Waals surface area contributed by atoms with Gasteiger partial charge in [0.15, 0.2) is 0 Å². The molecule has 0 saturated heterocycles. The number of para-hydroxylation sites is 1. The van der Waals surface area contributed by atoms with Crippen molar-refractivity contribution < 1.29 is 25.8 Å². The second kappa shape index (κ2) is 12.0. The number of ether oxygens (including phenoxy) is 1. The molecule has 45 heavy (non-hydrogen) atoms. The van der Waals surface area contributed by atoms with E-state index >= 15 is 0 Å². The Morgan fingerprint density at radius 1 is 0.822 bits per heavy atom. The van der Waals surface area contributed by atoms with Crippen LogP contribution in [0.3, 0.4) is 0 Å². The minimum atomic E-state index is 0. The van der Waals surface area contributed by atoms with Gasteiger partial charge < -0.3 is 29.2 Å². The van der Waals surface area contributed by atoms with E-state index < -0.39 is 0 Å². The normalized spacial score (nSPS) is 12.1. The third kappa shape index (κ3) is 5.91. The van der Waals surface area contributed by atoms with E-state index in [1.807, 2.05) is 55.6 Å². The number of hydrogen-bond donors (Lipinski definition) is 0. The largest absolute Gasteiger partial charge is 0.501 e. The number of benzene rings is 3. The van der Waals surface area contributed by atoms with Gasteiger partial charge in [0.05, 0.1) is 5.75 Å². The first-order valence-electron chi connectivity index (χ1n) is 14.7. The van der Waals surface area contributed by atoms with Crippen LogP contribution in [0.2, 0.25) is 0 Å². The summed E-state index contributed by atoms with van der Waals surface area (Å²) in [7, 11) is 0. The predicted molar refractivity (Wildman–Crippen MR) is 175 cm³/mol. The zero-order valence-electron chi connectivity index (χ0n) is 25.8. The molecular weight excluding hydrogens is 738 g/mol. The third-order valence-corrected chi connectivity index (χ3v) is 7.99. The molecule has 0 radical (unpaired) electrons. The van der Waals surface area contributed by atoms with E-state index in [4.69, 9.17) is 9.72 Å². The van der Waals surface area contributed by atoms with Crippen LogP contribution in [0, 0.1) is 32.6 Å². The number of pyridine rings is 2. The number of aryl methyl sites for hydroxylation is 1. The first kappa shape index (κ1) is 30.4. The number of hydrogen-bond acceptors (Lipinski definition) is 5. The molecule has 3 aromatic carbocycles. The number of imidazole rings is 1. The number of fused-ring (bicyclic) bond motifs is 3. The Morgan fingerprint density at radius 2 is 1.60 bits per heavy atom. The molecule has 0 saturated carbocycles. The number of rotatable bonds is 5. The van der Waals surface area contributed by atoms with Gasteiger partial charge >= 0.3 is 0 Å². The molecule has 3 aromatic heterocycles. The maximum atomic E-state index is 6.46. The molecule has 7 heteroatoms. The number of anilines is 2. The summed E-state index contributed by atoms with van der Waals surface area (Å²) in [6, 6.07) is 33.8. The summed E-state index contributed by atoms with van der Waals surface area (Å²) in [4.78, 5) is 16.1. The molecule has 0 amide bonds.